The van der Waals surface area contributed by atoms with Crippen LogP contribution in [0.15, 0.2) is 59.0 Å². The van der Waals surface area contributed by atoms with E-state index in [1.165, 1.54) is 38.4 Å². The minimum atomic E-state index is -3.92. The number of carbonyl (C=O) groups is 3. The molecular weight excluding hydrogens is 536 g/mol. The van der Waals surface area contributed by atoms with Crippen LogP contribution in [0.5, 0.6) is 0 Å². The highest BCUT2D eigenvalue weighted by Gasteiger charge is 2.66. The number of sulfonamides is 1. The Morgan fingerprint density at radius 2 is 1.75 bits per heavy atom. The van der Waals surface area contributed by atoms with Crippen LogP contribution in [0, 0.1) is 0 Å². The van der Waals surface area contributed by atoms with Crippen molar-refractivity contribution in [2.75, 3.05) is 64.9 Å². The largest absolute Gasteiger partial charge is 0.507 e. The quantitative estimate of drug-likeness (QED) is 0.300. The Morgan fingerprint density at radius 3 is 2.42 bits per heavy atom. The van der Waals surface area contributed by atoms with E-state index in [4.69, 9.17) is 4.74 Å². The van der Waals surface area contributed by atoms with Gasteiger partial charge >= 0.3 is 0 Å². The number of likely N-dealkylation sites (tertiary alicyclic amines) is 1. The highest BCUT2D eigenvalue weighted by atomic mass is 32.2. The number of nitrogens with zero attached hydrogens (tertiary/aromatic N) is 4. The van der Waals surface area contributed by atoms with Crippen LogP contribution in [0.25, 0.3) is 5.76 Å². The van der Waals surface area contributed by atoms with Crippen LogP contribution >= 0.6 is 0 Å². The number of Topliss-reactive ketones (excluding diaryl/α,β-unsaturated/α-hetero) is 1. The van der Waals surface area contributed by atoms with Gasteiger partial charge in [-0.25, -0.2) is 8.42 Å². The Bertz CT molecular complexity index is 1510. The smallest absolute Gasteiger partial charge is 0.296 e. The molecule has 1 N–H and O–H groups in total. The maximum absolute atomic E-state index is 14.2. The number of benzene rings is 2. The molecule has 0 aliphatic carbocycles. The highest BCUT2D eigenvalue weighted by molar-refractivity contribution is 7.89. The number of likely N-dealkylation sites (N-methyl/N-ethyl adjacent to an activating group) is 2. The van der Waals surface area contributed by atoms with Crippen LogP contribution in [0.3, 0.4) is 0 Å². The first-order valence-corrected chi connectivity index (χ1v) is 14.5. The third-order valence-electron chi connectivity index (χ3n) is 7.61. The molecule has 0 unspecified atom stereocenters. The van der Waals surface area contributed by atoms with E-state index in [1.807, 2.05) is 19.0 Å². The van der Waals surface area contributed by atoms with Gasteiger partial charge in [-0.1, -0.05) is 30.3 Å². The van der Waals surface area contributed by atoms with E-state index in [0.29, 0.717) is 17.8 Å². The Balaban J connectivity index is 1.72. The first-order chi connectivity index (χ1) is 19.1. The third-order valence-corrected chi connectivity index (χ3v) is 9.51. The van der Waals surface area contributed by atoms with Crippen molar-refractivity contribution in [2.45, 2.75) is 17.4 Å². The van der Waals surface area contributed by atoms with E-state index >= 15 is 0 Å². The predicted molar refractivity (Wildman–Crippen MR) is 147 cm³/mol. The molecule has 3 aliphatic heterocycles. The number of fused-ring (bicyclic) bond motifs is 2. The van der Waals surface area contributed by atoms with Gasteiger partial charge in [0, 0.05) is 43.9 Å². The summed E-state index contributed by atoms with van der Waals surface area (Å²) in [6, 6.07) is 12.5. The van der Waals surface area contributed by atoms with Gasteiger partial charge in [-0.05, 0) is 39.2 Å². The second kappa shape index (κ2) is 10.4. The minimum Gasteiger partial charge on any atom is -0.507 e. The molecule has 3 heterocycles. The number of hydrogen-bond acceptors (Lipinski definition) is 8. The lowest BCUT2D eigenvalue weighted by atomic mass is 9.82. The molecule has 0 bridgehead atoms. The number of hydrogen-bond donors (Lipinski definition) is 1. The number of carbonyl (C=O) groups excluding carboxylic acids is 3. The summed E-state index contributed by atoms with van der Waals surface area (Å²) in [6.45, 7) is 3.41. The van der Waals surface area contributed by atoms with Gasteiger partial charge in [0.25, 0.3) is 17.6 Å². The van der Waals surface area contributed by atoms with Gasteiger partial charge in [0.15, 0.2) is 5.54 Å². The Hall–Kier alpha value is -3.58. The Morgan fingerprint density at radius 1 is 1.05 bits per heavy atom. The first kappa shape index (κ1) is 28.0. The average Bonchev–Trinajstić information content (AvgIpc) is 3.34. The van der Waals surface area contributed by atoms with Gasteiger partial charge in [0.1, 0.15) is 5.76 Å². The summed E-state index contributed by atoms with van der Waals surface area (Å²) < 4.78 is 33.2. The van der Waals surface area contributed by atoms with E-state index in [1.54, 1.807) is 31.2 Å². The minimum absolute atomic E-state index is 0.0135. The molecule has 5 rings (SSSR count). The molecule has 2 saturated heterocycles. The second-order valence-electron chi connectivity index (χ2n) is 10.1. The van der Waals surface area contributed by atoms with Crippen LogP contribution in [0.4, 0.5) is 5.69 Å². The second-order valence-corrected chi connectivity index (χ2v) is 12.1. The van der Waals surface area contributed by atoms with E-state index < -0.39 is 38.9 Å². The molecule has 0 aromatic heterocycles. The number of aliphatic hydroxyl groups is 1. The number of ketones is 1. The van der Waals surface area contributed by atoms with Crippen LogP contribution in [-0.2, 0) is 34.7 Å². The summed E-state index contributed by atoms with van der Waals surface area (Å²) in [7, 11) is -0.294. The van der Waals surface area contributed by atoms with Crippen LogP contribution < -0.4 is 4.90 Å². The SMILES string of the molecule is CCN1C(=O)[C@]2(C(=C(O)c3cccc(S(=O)(=O)N4CCOCC4)c3)C(=O)C(=O)N2CCN(C)C)c2ccccc21. The lowest BCUT2D eigenvalue weighted by molar-refractivity contribution is -0.143. The predicted octanol–water partition coefficient (Wildman–Crippen LogP) is 1.21. The molecule has 40 heavy (non-hydrogen) atoms. The van der Waals surface area contributed by atoms with Gasteiger partial charge in [0.2, 0.25) is 10.0 Å². The van der Waals surface area contributed by atoms with Crippen LogP contribution in [0.1, 0.15) is 18.1 Å². The molecule has 2 amide bonds. The molecule has 2 aromatic carbocycles. The van der Waals surface area contributed by atoms with Gasteiger partial charge in [-0.2, -0.15) is 4.31 Å². The lowest BCUT2D eigenvalue weighted by Gasteiger charge is -2.35. The summed E-state index contributed by atoms with van der Waals surface area (Å²) in [6.07, 6.45) is 0. The van der Waals surface area contributed by atoms with Crippen LogP contribution in [-0.4, -0.2) is 105 Å². The number of anilines is 1. The molecule has 12 heteroatoms. The average molecular weight is 569 g/mol. The van der Waals surface area contributed by atoms with E-state index in [9.17, 15) is 27.9 Å². The summed E-state index contributed by atoms with van der Waals surface area (Å²) >= 11 is 0. The number of rotatable bonds is 7. The van der Waals surface area contributed by atoms with Crippen molar-refractivity contribution >= 4 is 39.1 Å². The fourth-order valence-corrected chi connectivity index (χ4v) is 7.12. The van der Waals surface area contributed by atoms with Crippen molar-refractivity contribution in [3.05, 3.63) is 65.2 Å². The number of amides is 2. The molecule has 1 spiro atoms. The molecule has 212 valence electrons. The number of ether oxygens (including phenoxy) is 1. The molecule has 2 aromatic rings. The molecular formula is C28H32N4O7S. The third kappa shape index (κ3) is 4.14. The zero-order chi connectivity index (χ0) is 28.8. The molecule has 0 radical (unpaired) electrons. The van der Waals surface area contributed by atoms with Crippen molar-refractivity contribution < 1.29 is 32.6 Å². The van der Waals surface area contributed by atoms with Crippen molar-refractivity contribution in [3.8, 4) is 0 Å². The number of aliphatic hydroxyl groups excluding tert-OH is 1. The maximum Gasteiger partial charge on any atom is 0.296 e. The fraction of sp³-hybridized carbons (Fsp3) is 0.393. The monoisotopic (exact) mass is 568 g/mol. The summed E-state index contributed by atoms with van der Waals surface area (Å²) in [4.78, 5) is 46.0. The molecule has 11 nitrogen and oxygen atoms in total. The van der Waals surface area contributed by atoms with Crippen molar-refractivity contribution in [2.24, 2.45) is 0 Å². The topological polar surface area (TPSA) is 128 Å². The van der Waals surface area contributed by atoms with E-state index in [-0.39, 0.29) is 55.4 Å². The first-order valence-electron chi connectivity index (χ1n) is 13.1. The molecule has 2 fully saturated rings. The van der Waals surface area contributed by atoms with Gasteiger partial charge in [0.05, 0.1) is 29.4 Å². The van der Waals surface area contributed by atoms with Gasteiger partial charge in [-0.3, -0.25) is 14.4 Å². The Kier molecular flexibility index (Phi) is 7.29. The molecule has 1 atom stereocenters. The lowest BCUT2D eigenvalue weighted by Crippen LogP contribution is -2.53. The van der Waals surface area contributed by atoms with Gasteiger partial charge < -0.3 is 24.5 Å². The molecule has 3 aliphatic rings. The molecule has 0 saturated carbocycles. The summed E-state index contributed by atoms with van der Waals surface area (Å²) in [5.41, 5.74) is -1.29. The zero-order valence-corrected chi connectivity index (χ0v) is 23.5. The van der Waals surface area contributed by atoms with Crippen molar-refractivity contribution in [1.29, 1.82) is 0 Å². The number of para-hydroxylation sites is 1. The van der Waals surface area contributed by atoms with E-state index in [0.717, 1.165) is 0 Å². The van der Waals surface area contributed by atoms with Crippen molar-refractivity contribution in [3.63, 3.8) is 0 Å². The summed E-state index contributed by atoms with van der Waals surface area (Å²) in [5.74, 6) is -3.03. The highest BCUT2D eigenvalue weighted by Crippen LogP contribution is 2.53. The number of morpholine rings is 1. The maximum atomic E-state index is 14.2. The van der Waals surface area contributed by atoms with E-state index in [2.05, 4.69) is 0 Å². The normalized spacial score (nSPS) is 23.1. The Labute approximate surface area is 233 Å². The fourth-order valence-electron chi connectivity index (χ4n) is 5.66. The van der Waals surface area contributed by atoms with Gasteiger partial charge in [-0.15, -0.1) is 0 Å². The standard InChI is InChI=1S/C28H32N4O7S/c1-4-31-22-11-6-5-10-21(22)28(27(31)36)23(25(34)26(35)32(28)13-12-29(2)3)24(33)19-8-7-9-20(18-19)40(37,38)30-14-16-39-17-15-30/h5-11,18,33H,4,12-17H2,1-3H3/t28-/m1/s1. The van der Waals surface area contributed by atoms with Crippen molar-refractivity contribution in [1.82, 2.24) is 14.1 Å². The summed E-state index contributed by atoms with van der Waals surface area (Å²) in [5, 5.41) is 11.7. The van der Waals surface area contributed by atoms with Crippen LogP contribution in [0.2, 0.25) is 0 Å². The zero-order valence-electron chi connectivity index (χ0n) is 22.7.